The van der Waals surface area contributed by atoms with Crippen LogP contribution >= 0.6 is 0 Å². The number of rotatable bonds is 4. The van der Waals surface area contributed by atoms with Gasteiger partial charge >= 0.3 is 0 Å². The monoisotopic (exact) mass is 284 g/mol. The van der Waals surface area contributed by atoms with Crippen molar-refractivity contribution in [2.45, 2.75) is 18.8 Å². The van der Waals surface area contributed by atoms with E-state index >= 15 is 0 Å². The third kappa shape index (κ3) is 2.66. The standard InChI is InChI=1S/C18H21FN2/c1-18(12-20,15-5-3-2-4-6-15)13-21-10-9-14-7-8-16(19)11-17(14)21/h2-8,11H,9-10,12-13,20H2,1H3. The summed E-state index contributed by atoms with van der Waals surface area (Å²) in [5.74, 6) is -0.171. The van der Waals surface area contributed by atoms with Crippen LogP contribution in [0.1, 0.15) is 18.1 Å². The minimum atomic E-state index is -0.171. The lowest BCUT2D eigenvalue weighted by Gasteiger charge is -2.34. The maximum absolute atomic E-state index is 13.5. The van der Waals surface area contributed by atoms with Crippen LogP contribution in [0.25, 0.3) is 0 Å². The Labute approximate surface area is 125 Å². The first-order valence-corrected chi connectivity index (χ1v) is 7.41. The summed E-state index contributed by atoms with van der Waals surface area (Å²) in [7, 11) is 0. The molecule has 2 N–H and O–H groups in total. The molecule has 2 aromatic carbocycles. The Morgan fingerprint density at radius 3 is 2.67 bits per heavy atom. The van der Waals surface area contributed by atoms with Crippen molar-refractivity contribution < 1.29 is 4.39 Å². The van der Waals surface area contributed by atoms with Gasteiger partial charge in [-0.3, -0.25) is 0 Å². The zero-order valence-electron chi connectivity index (χ0n) is 12.3. The van der Waals surface area contributed by atoms with Gasteiger partial charge in [-0.1, -0.05) is 43.3 Å². The van der Waals surface area contributed by atoms with E-state index in [2.05, 4.69) is 24.0 Å². The van der Waals surface area contributed by atoms with E-state index in [9.17, 15) is 4.39 Å². The summed E-state index contributed by atoms with van der Waals surface area (Å²) in [6.45, 7) is 4.49. The quantitative estimate of drug-likeness (QED) is 0.934. The van der Waals surface area contributed by atoms with Gasteiger partial charge in [0, 0.05) is 30.7 Å². The van der Waals surface area contributed by atoms with Crippen molar-refractivity contribution in [3.05, 3.63) is 65.5 Å². The van der Waals surface area contributed by atoms with Crippen molar-refractivity contribution >= 4 is 5.69 Å². The molecule has 1 atom stereocenters. The molecule has 0 saturated heterocycles. The lowest BCUT2D eigenvalue weighted by molar-refractivity contribution is 0.478. The summed E-state index contributed by atoms with van der Waals surface area (Å²) in [6.07, 6.45) is 0.977. The number of nitrogens with zero attached hydrogens (tertiary/aromatic N) is 1. The van der Waals surface area contributed by atoms with Crippen LogP contribution in [-0.4, -0.2) is 19.6 Å². The summed E-state index contributed by atoms with van der Waals surface area (Å²) in [5, 5.41) is 0. The van der Waals surface area contributed by atoms with Gasteiger partial charge in [-0.05, 0) is 29.7 Å². The largest absolute Gasteiger partial charge is 0.370 e. The van der Waals surface area contributed by atoms with E-state index in [1.54, 1.807) is 12.1 Å². The molecule has 0 amide bonds. The summed E-state index contributed by atoms with van der Waals surface area (Å²) >= 11 is 0. The molecule has 3 heteroatoms. The minimum absolute atomic E-state index is 0.130. The first-order valence-electron chi connectivity index (χ1n) is 7.41. The molecular weight excluding hydrogens is 263 g/mol. The van der Waals surface area contributed by atoms with E-state index in [0.29, 0.717) is 6.54 Å². The smallest absolute Gasteiger partial charge is 0.125 e. The SMILES string of the molecule is CC(CN)(CN1CCc2ccc(F)cc21)c1ccccc1. The molecule has 1 aliphatic heterocycles. The number of halogens is 1. The van der Waals surface area contributed by atoms with Crippen molar-refractivity contribution in [2.24, 2.45) is 5.73 Å². The van der Waals surface area contributed by atoms with E-state index in [4.69, 9.17) is 5.73 Å². The molecule has 1 unspecified atom stereocenters. The Morgan fingerprint density at radius 1 is 1.19 bits per heavy atom. The Balaban J connectivity index is 1.88. The van der Waals surface area contributed by atoms with Crippen LogP contribution in [0.4, 0.5) is 10.1 Å². The van der Waals surface area contributed by atoms with E-state index < -0.39 is 0 Å². The van der Waals surface area contributed by atoms with Gasteiger partial charge in [0.15, 0.2) is 0 Å². The van der Waals surface area contributed by atoms with Crippen LogP contribution in [0.15, 0.2) is 48.5 Å². The molecule has 110 valence electrons. The predicted molar refractivity (Wildman–Crippen MR) is 85.2 cm³/mol. The number of nitrogens with two attached hydrogens (primary N) is 1. The first-order chi connectivity index (χ1) is 10.1. The summed E-state index contributed by atoms with van der Waals surface area (Å²) in [4.78, 5) is 2.26. The molecule has 1 heterocycles. The Hall–Kier alpha value is -1.87. The van der Waals surface area contributed by atoms with Gasteiger partial charge in [0.05, 0.1) is 0 Å². The minimum Gasteiger partial charge on any atom is -0.370 e. The maximum atomic E-state index is 13.5. The Morgan fingerprint density at radius 2 is 1.95 bits per heavy atom. The van der Waals surface area contributed by atoms with Gasteiger partial charge in [0.1, 0.15) is 5.82 Å². The highest BCUT2D eigenvalue weighted by Gasteiger charge is 2.30. The fourth-order valence-electron chi connectivity index (χ4n) is 3.12. The Kier molecular flexibility index (Phi) is 3.68. The van der Waals surface area contributed by atoms with Gasteiger partial charge in [-0.25, -0.2) is 4.39 Å². The molecule has 2 nitrogen and oxygen atoms in total. The molecule has 0 fully saturated rings. The lowest BCUT2D eigenvalue weighted by Crippen LogP contribution is -2.43. The highest BCUT2D eigenvalue weighted by molar-refractivity contribution is 5.58. The van der Waals surface area contributed by atoms with Crippen LogP contribution in [0, 0.1) is 5.82 Å². The summed E-state index contributed by atoms with van der Waals surface area (Å²) in [5.41, 5.74) is 9.42. The maximum Gasteiger partial charge on any atom is 0.125 e. The van der Waals surface area contributed by atoms with Crippen LogP contribution in [0.5, 0.6) is 0 Å². The van der Waals surface area contributed by atoms with Gasteiger partial charge in [0.25, 0.3) is 0 Å². The third-order valence-corrected chi connectivity index (χ3v) is 4.50. The zero-order valence-corrected chi connectivity index (χ0v) is 12.3. The fraction of sp³-hybridized carbons (Fsp3) is 0.333. The molecule has 0 saturated carbocycles. The number of fused-ring (bicyclic) bond motifs is 1. The molecule has 0 radical (unpaired) electrons. The highest BCUT2D eigenvalue weighted by Crippen LogP contribution is 2.33. The van der Waals surface area contributed by atoms with Crippen molar-refractivity contribution in [1.82, 2.24) is 0 Å². The molecule has 0 aromatic heterocycles. The molecular formula is C18H21FN2. The normalized spacial score (nSPS) is 16.6. The lowest BCUT2D eigenvalue weighted by atomic mass is 9.82. The van der Waals surface area contributed by atoms with Gasteiger partial charge in [-0.15, -0.1) is 0 Å². The average Bonchev–Trinajstić information content (AvgIpc) is 2.90. The average molecular weight is 284 g/mol. The zero-order chi connectivity index (χ0) is 14.9. The first kappa shape index (κ1) is 14.1. The predicted octanol–water partition coefficient (Wildman–Crippen LogP) is 3.10. The van der Waals surface area contributed by atoms with Crippen LogP contribution < -0.4 is 10.6 Å². The highest BCUT2D eigenvalue weighted by atomic mass is 19.1. The molecule has 2 aromatic rings. The van der Waals surface area contributed by atoms with Gasteiger partial charge in [0.2, 0.25) is 0 Å². The molecule has 0 spiro atoms. The van der Waals surface area contributed by atoms with Gasteiger partial charge < -0.3 is 10.6 Å². The molecule has 3 rings (SSSR count). The van der Waals surface area contributed by atoms with Crippen molar-refractivity contribution in [3.8, 4) is 0 Å². The third-order valence-electron chi connectivity index (χ3n) is 4.50. The summed E-state index contributed by atoms with van der Waals surface area (Å²) < 4.78 is 13.5. The van der Waals surface area contributed by atoms with E-state index in [0.717, 1.165) is 25.2 Å². The van der Waals surface area contributed by atoms with Crippen molar-refractivity contribution in [2.75, 3.05) is 24.5 Å². The van der Waals surface area contributed by atoms with Crippen LogP contribution in [0.3, 0.4) is 0 Å². The number of benzene rings is 2. The molecule has 1 aliphatic rings. The topological polar surface area (TPSA) is 29.3 Å². The van der Waals surface area contributed by atoms with Crippen LogP contribution in [-0.2, 0) is 11.8 Å². The van der Waals surface area contributed by atoms with Crippen molar-refractivity contribution in [3.63, 3.8) is 0 Å². The second-order valence-corrected chi connectivity index (χ2v) is 6.08. The summed E-state index contributed by atoms with van der Waals surface area (Å²) in [6, 6.07) is 15.4. The molecule has 21 heavy (non-hydrogen) atoms. The second-order valence-electron chi connectivity index (χ2n) is 6.08. The van der Waals surface area contributed by atoms with E-state index in [1.807, 2.05) is 24.3 Å². The fourth-order valence-corrected chi connectivity index (χ4v) is 3.12. The van der Waals surface area contributed by atoms with Gasteiger partial charge in [-0.2, -0.15) is 0 Å². The second kappa shape index (κ2) is 5.49. The number of hydrogen-bond donors (Lipinski definition) is 1. The van der Waals surface area contributed by atoms with Crippen molar-refractivity contribution in [1.29, 1.82) is 0 Å². The Bertz CT molecular complexity index is 626. The van der Waals surface area contributed by atoms with E-state index in [1.165, 1.54) is 11.1 Å². The van der Waals surface area contributed by atoms with E-state index in [-0.39, 0.29) is 11.2 Å². The molecule has 0 bridgehead atoms. The molecule has 0 aliphatic carbocycles. The number of hydrogen-bond acceptors (Lipinski definition) is 2. The van der Waals surface area contributed by atoms with Crippen LogP contribution in [0.2, 0.25) is 0 Å². The number of anilines is 1.